The molecule has 7 rings (SSSR count). The molecule has 2 unspecified atom stereocenters. The molecule has 0 amide bonds. The maximum absolute atomic E-state index is 16.5. The van der Waals surface area contributed by atoms with E-state index in [-0.39, 0.29) is 50.6 Å². The summed E-state index contributed by atoms with van der Waals surface area (Å²) < 4.78 is 37.1. The first-order valence-electron chi connectivity index (χ1n) is 12.3. The third kappa shape index (κ3) is 3.19. The fraction of sp³-hybridized carbons (Fsp3) is 0.385. The monoisotopic (exact) mass is 519 g/mol. The number of ether oxygens (including phenoxy) is 1. The zero-order chi connectivity index (χ0) is 25.4. The SMILES string of the molecule is CN1CCCC2C1CCN2c1ncc2c3c(c(-c4ncc(F)c5sc(N)c(C#N)c45)c(F)c2n1)COC3. The highest BCUT2D eigenvalue weighted by Crippen LogP contribution is 2.45. The Labute approximate surface area is 215 Å². The van der Waals surface area contributed by atoms with Crippen LogP contribution in [0.2, 0.25) is 0 Å². The van der Waals surface area contributed by atoms with E-state index < -0.39 is 11.6 Å². The van der Waals surface area contributed by atoms with Crippen LogP contribution in [0.15, 0.2) is 12.4 Å². The lowest BCUT2D eigenvalue weighted by Gasteiger charge is -2.37. The number of hydrogen-bond donors (Lipinski definition) is 1. The van der Waals surface area contributed by atoms with Gasteiger partial charge in [0.2, 0.25) is 5.95 Å². The molecule has 0 aliphatic carbocycles. The number of nitrogens with zero attached hydrogens (tertiary/aromatic N) is 6. The number of fused-ring (bicyclic) bond motifs is 5. The van der Waals surface area contributed by atoms with E-state index in [1.807, 2.05) is 6.07 Å². The number of piperidine rings is 1. The van der Waals surface area contributed by atoms with E-state index in [4.69, 9.17) is 15.5 Å². The fourth-order valence-electron chi connectivity index (χ4n) is 6.34. The van der Waals surface area contributed by atoms with Crippen LogP contribution in [0.25, 0.3) is 32.2 Å². The quantitative estimate of drug-likeness (QED) is 0.417. The van der Waals surface area contributed by atoms with Gasteiger partial charge in [0.1, 0.15) is 16.6 Å². The number of nitrogens with two attached hydrogens (primary N) is 1. The van der Waals surface area contributed by atoms with E-state index in [1.54, 1.807) is 6.20 Å². The number of likely N-dealkylation sites (N-methyl/N-ethyl adjacent to an activating group) is 1. The zero-order valence-electron chi connectivity index (χ0n) is 20.1. The molecule has 8 nitrogen and oxygen atoms in total. The topological polar surface area (TPSA) is 104 Å². The van der Waals surface area contributed by atoms with Gasteiger partial charge in [0.25, 0.3) is 0 Å². The minimum atomic E-state index is -0.600. The third-order valence-electron chi connectivity index (χ3n) is 8.08. The van der Waals surface area contributed by atoms with Crippen molar-refractivity contribution in [2.24, 2.45) is 0 Å². The predicted octanol–water partition coefficient (Wildman–Crippen LogP) is 4.34. The maximum Gasteiger partial charge on any atom is 0.226 e. The van der Waals surface area contributed by atoms with E-state index >= 15 is 4.39 Å². The lowest BCUT2D eigenvalue weighted by atomic mass is 9.94. The Morgan fingerprint density at radius 3 is 2.81 bits per heavy atom. The Morgan fingerprint density at radius 1 is 1.14 bits per heavy atom. The smallest absolute Gasteiger partial charge is 0.226 e. The van der Waals surface area contributed by atoms with Crippen molar-refractivity contribution < 1.29 is 13.5 Å². The second-order valence-electron chi connectivity index (χ2n) is 9.92. The van der Waals surface area contributed by atoms with Gasteiger partial charge in [0.05, 0.1) is 35.4 Å². The molecular weight excluding hydrogens is 496 g/mol. The van der Waals surface area contributed by atoms with E-state index in [0.717, 1.165) is 55.4 Å². The molecule has 1 aromatic carbocycles. The number of likely N-dealkylation sites (tertiary alicyclic amines) is 1. The number of halogens is 2. The second-order valence-corrected chi connectivity index (χ2v) is 11.0. The number of nitriles is 1. The number of hydrogen-bond acceptors (Lipinski definition) is 9. The molecule has 11 heteroatoms. The van der Waals surface area contributed by atoms with Crippen LogP contribution in [0.3, 0.4) is 0 Å². The summed E-state index contributed by atoms with van der Waals surface area (Å²) in [7, 11) is 2.15. The predicted molar refractivity (Wildman–Crippen MR) is 137 cm³/mol. The number of aromatic nitrogens is 3. The molecular formula is C26H23F2N7OS. The Balaban J connectivity index is 1.46. The summed E-state index contributed by atoms with van der Waals surface area (Å²) in [6.07, 6.45) is 5.91. The van der Waals surface area contributed by atoms with E-state index in [9.17, 15) is 9.65 Å². The summed E-state index contributed by atoms with van der Waals surface area (Å²) in [6, 6.07) is 2.78. The lowest BCUT2D eigenvalue weighted by Crippen LogP contribution is -2.48. The van der Waals surface area contributed by atoms with Crippen LogP contribution in [-0.2, 0) is 18.0 Å². The molecule has 2 fully saturated rings. The molecule has 0 saturated carbocycles. The van der Waals surface area contributed by atoms with Crippen LogP contribution in [0.1, 0.15) is 36.0 Å². The molecule has 2 saturated heterocycles. The van der Waals surface area contributed by atoms with Gasteiger partial charge in [-0.1, -0.05) is 0 Å². The van der Waals surface area contributed by atoms with E-state index in [1.165, 1.54) is 0 Å². The van der Waals surface area contributed by atoms with Crippen molar-refractivity contribution >= 4 is 43.3 Å². The minimum absolute atomic E-state index is 0.0991. The second kappa shape index (κ2) is 8.28. The standard InChI is InChI=1S/C26H23F2N7OS/c1-34-5-2-3-18-17(34)4-6-35(18)26-32-8-13-14-10-36-11-15(14)19(21(28)22(13)33-26)23-20-12(7-29)25(30)37-24(20)16(27)9-31-23/h8-9,17-18H,2-6,10-11,30H2,1H3. The Hall–Kier alpha value is -3.46. The molecule has 3 aliphatic rings. The van der Waals surface area contributed by atoms with Crippen molar-refractivity contribution in [3.8, 4) is 17.3 Å². The molecule has 2 atom stereocenters. The highest BCUT2D eigenvalue weighted by Gasteiger charge is 2.40. The van der Waals surface area contributed by atoms with Crippen LogP contribution in [-0.4, -0.2) is 52.1 Å². The molecule has 0 bridgehead atoms. The number of pyridine rings is 1. The molecule has 0 radical (unpaired) electrons. The van der Waals surface area contributed by atoms with Crippen LogP contribution in [0.5, 0.6) is 0 Å². The fourth-order valence-corrected chi connectivity index (χ4v) is 7.26. The van der Waals surface area contributed by atoms with Gasteiger partial charge in [0, 0.05) is 41.2 Å². The van der Waals surface area contributed by atoms with Gasteiger partial charge in [0.15, 0.2) is 11.6 Å². The number of anilines is 2. The summed E-state index contributed by atoms with van der Waals surface area (Å²) in [5.41, 5.74) is 8.07. The lowest BCUT2D eigenvalue weighted by molar-refractivity contribution is 0.135. The van der Waals surface area contributed by atoms with Gasteiger partial charge in [-0.25, -0.2) is 18.7 Å². The van der Waals surface area contributed by atoms with E-state index in [0.29, 0.717) is 29.0 Å². The van der Waals surface area contributed by atoms with Crippen molar-refractivity contribution in [2.45, 2.75) is 44.6 Å². The molecule has 6 heterocycles. The van der Waals surface area contributed by atoms with Crippen LogP contribution >= 0.6 is 11.3 Å². The molecule has 4 aromatic rings. The van der Waals surface area contributed by atoms with Crippen molar-refractivity contribution in [1.29, 1.82) is 5.26 Å². The highest BCUT2D eigenvalue weighted by atomic mass is 32.1. The molecule has 3 aliphatic heterocycles. The van der Waals surface area contributed by atoms with Gasteiger partial charge in [-0.05, 0) is 44.0 Å². The summed E-state index contributed by atoms with van der Waals surface area (Å²) in [5.74, 6) is -0.668. The van der Waals surface area contributed by atoms with Crippen LogP contribution in [0, 0.1) is 23.0 Å². The first-order chi connectivity index (χ1) is 18.0. The average molecular weight is 520 g/mol. The third-order valence-corrected chi connectivity index (χ3v) is 9.10. The van der Waals surface area contributed by atoms with Crippen molar-refractivity contribution in [2.75, 3.05) is 30.8 Å². The zero-order valence-corrected chi connectivity index (χ0v) is 20.9. The van der Waals surface area contributed by atoms with Gasteiger partial charge in [-0.2, -0.15) is 5.26 Å². The first-order valence-corrected chi connectivity index (χ1v) is 13.1. The minimum Gasteiger partial charge on any atom is -0.389 e. The molecule has 188 valence electrons. The first kappa shape index (κ1) is 22.7. The Bertz CT molecular complexity index is 1650. The van der Waals surface area contributed by atoms with Crippen molar-refractivity contribution in [3.05, 3.63) is 40.7 Å². The van der Waals surface area contributed by atoms with Gasteiger partial charge >= 0.3 is 0 Å². The number of rotatable bonds is 2. The molecule has 3 aromatic heterocycles. The summed E-state index contributed by atoms with van der Waals surface area (Å²) in [6.45, 7) is 2.34. The molecule has 2 N–H and O–H groups in total. The van der Waals surface area contributed by atoms with Crippen molar-refractivity contribution in [3.63, 3.8) is 0 Å². The average Bonchev–Trinajstić information content (AvgIpc) is 3.63. The van der Waals surface area contributed by atoms with Crippen molar-refractivity contribution in [1.82, 2.24) is 19.9 Å². The van der Waals surface area contributed by atoms with Crippen LogP contribution < -0.4 is 10.6 Å². The molecule has 37 heavy (non-hydrogen) atoms. The normalized spacial score (nSPS) is 21.5. The largest absolute Gasteiger partial charge is 0.389 e. The van der Waals surface area contributed by atoms with Gasteiger partial charge < -0.3 is 20.3 Å². The number of benzene rings is 1. The Kier molecular flexibility index (Phi) is 5.08. The number of nitrogen functional groups attached to an aromatic ring is 1. The van der Waals surface area contributed by atoms with Crippen LogP contribution in [0.4, 0.5) is 19.7 Å². The van der Waals surface area contributed by atoms with Gasteiger partial charge in [-0.15, -0.1) is 11.3 Å². The number of thiophene rings is 1. The Morgan fingerprint density at radius 2 is 1.97 bits per heavy atom. The highest BCUT2D eigenvalue weighted by molar-refractivity contribution is 7.23. The summed E-state index contributed by atoms with van der Waals surface area (Å²) in [4.78, 5) is 18.3. The summed E-state index contributed by atoms with van der Waals surface area (Å²) in [5, 5.41) is 10.7. The maximum atomic E-state index is 16.5. The van der Waals surface area contributed by atoms with Gasteiger partial charge in [-0.3, -0.25) is 4.98 Å². The summed E-state index contributed by atoms with van der Waals surface area (Å²) >= 11 is 0.962. The molecule has 0 spiro atoms. The van der Waals surface area contributed by atoms with E-state index in [2.05, 4.69) is 26.8 Å².